The van der Waals surface area contributed by atoms with E-state index in [4.69, 9.17) is 9.84 Å². The molecule has 0 saturated heterocycles. The third kappa shape index (κ3) is 3.57. The molecule has 2 aromatic rings. The van der Waals surface area contributed by atoms with E-state index in [9.17, 15) is 4.79 Å². The van der Waals surface area contributed by atoms with Crippen LogP contribution >= 0.6 is 11.3 Å². The van der Waals surface area contributed by atoms with Crippen LogP contribution in [0.1, 0.15) is 39.3 Å². The van der Waals surface area contributed by atoms with Crippen LogP contribution in [0.2, 0.25) is 0 Å². The summed E-state index contributed by atoms with van der Waals surface area (Å²) in [5.74, 6) is -0.162. The number of carboxylic acids is 1. The molecule has 0 bridgehead atoms. The Labute approximate surface area is 122 Å². The first-order valence-electron chi connectivity index (χ1n) is 6.51. The predicted molar refractivity (Wildman–Crippen MR) is 78.6 cm³/mol. The van der Waals surface area contributed by atoms with Crippen LogP contribution in [0.25, 0.3) is 0 Å². The summed E-state index contributed by atoms with van der Waals surface area (Å²) in [7, 11) is 0. The van der Waals surface area contributed by atoms with Crippen LogP contribution in [0.3, 0.4) is 0 Å². The lowest BCUT2D eigenvalue weighted by Gasteiger charge is -2.05. The van der Waals surface area contributed by atoms with E-state index in [1.54, 1.807) is 6.92 Å². The molecule has 0 aliphatic carbocycles. The Balaban J connectivity index is 1.98. The van der Waals surface area contributed by atoms with Gasteiger partial charge in [0, 0.05) is 0 Å². The molecule has 0 saturated carbocycles. The lowest BCUT2D eigenvalue weighted by Crippen LogP contribution is -1.95. The molecular weight excluding hydrogens is 274 g/mol. The van der Waals surface area contributed by atoms with Gasteiger partial charge in [0.05, 0.1) is 5.69 Å². The van der Waals surface area contributed by atoms with Gasteiger partial charge in [-0.1, -0.05) is 25.5 Å². The van der Waals surface area contributed by atoms with Crippen LogP contribution in [0.4, 0.5) is 0 Å². The fourth-order valence-corrected chi connectivity index (χ4v) is 2.72. The van der Waals surface area contributed by atoms with Crippen molar-refractivity contribution in [3.05, 3.63) is 45.4 Å². The molecule has 0 amide bonds. The Morgan fingerprint density at radius 3 is 2.60 bits per heavy atom. The molecule has 4 nitrogen and oxygen atoms in total. The minimum Gasteiger partial charge on any atom is -0.486 e. The van der Waals surface area contributed by atoms with E-state index >= 15 is 0 Å². The van der Waals surface area contributed by atoms with Gasteiger partial charge in [-0.3, -0.25) is 0 Å². The average molecular weight is 291 g/mol. The third-order valence-electron chi connectivity index (χ3n) is 2.86. The van der Waals surface area contributed by atoms with Crippen LogP contribution in [0.15, 0.2) is 24.3 Å². The fraction of sp³-hybridized carbons (Fsp3) is 0.333. The molecule has 106 valence electrons. The minimum absolute atomic E-state index is 0.280. The van der Waals surface area contributed by atoms with Crippen molar-refractivity contribution in [2.75, 3.05) is 0 Å². The SMILES string of the molecule is CCCc1ccc(OCc2nc(C)c(C(=O)O)s2)cc1. The van der Waals surface area contributed by atoms with E-state index in [1.807, 2.05) is 12.1 Å². The summed E-state index contributed by atoms with van der Waals surface area (Å²) in [6.45, 7) is 4.14. The van der Waals surface area contributed by atoms with Gasteiger partial charge in [-0.2, -0.15) is 0 Å². The van der Waals surface area contributed by atoms with Gasteiger partial charge in [-0.05, 0) is 31.0 Å². The third-order valence-corrected chi connectivity index (χ3v) is 3.98. The van der Waals surface area contributed by atoms with Crippen molar-refractivity contribution in [2.45, 2.75) is 33.3 Å². The summed E-state index contributed by atoms with van der Waals surface area (Å²) >= 11 is 1.16. The number of rotatable bonds is 6. The van der Waals surface area contributed by atoms with Crippen LogP contribution in [0, 0.1) is 6.92 Å². The molecule has 0 spiro atoms. The first-order valence-corrected chi connectivity index (χ1v) is 7.33. The quantitative estimate of drug-likeness (QED) is 0.882. The van der Waals surface area contributed by atoms with Gasteiger partial charge in [0.15, 0.2) is 0 Å². The number of hydrogen-bond donors (Lipinski definition) is 1. The average Bonchev–Trinajstić information content (AvgIpc) is 2.80. The zero-order chi connectivity index (χ0) is 14.5. The standard InChI is InChI=1S/C15H17NO3S/c1-3-4-11-5-7-12(8-6-11)19-9-13-16-10(2)14(20-13)15(17)18/h5-8H,3-4,9H2,1-2H3,(H,17,18). The Hall–Kier alpha value is -1.88. The van der Waals surface area contributed by atoms with E-state index in [1.165, 1.54) is 5.56 Å². The van der Waals surface area contributed by atoms with Crippen LogP contribution < -0.4 is 4.74 Å². The van der Waals surface area contributed by atoms with Gasteiger partial charge >= 0.3 is 5.97 Å². The van der Waals surface area contributed by atoms with E-state index in [2.05, 4.69) is 24.0 Å². The molecule has 0 aliphatic rings. The van der Waals surface area contributed by atoms with Gasteiger partial charge in [-0.15, -0.1) is 11.3 Å². The molecule has 1 heterocycles. The number of benzene rings is 1. The summed E-state index contributed by atoms with van der Waals surface area (Å²) in [6.07, 6.45) is 2.19. The van der Waals surface area contributed by atoms with Crippen molar-refractivity contribution in [1.29, 1.82) is 0 Å². The summed E-state index contributed by atoms with van der Waals surface area (Å²) in [5, 5.41) is 9.65. The summed E-state index contributed by atoms with van der Waals surface area (Å²) in [6, 6.07) is 7.97. The number of ether oxygens (including phenoxy) is 1. The predicted octanol–water partition coefficient (Wildman–Crippen LogP) is 3.68. The fourth-order valence-electron chi connectivity index (χ4n) is 1.90. The van der Waals surface area contributed by atoms with Crippen molar-refractivity contribution in [1.82, 2.24) is 4.98 Å². The molecule has 20 heavy (non-hydrogen) atoms. The number of hydrogen-bond acceptors (Lipinski definition) is 4. The number of aromatic nitrogens is 1. The van der Waals surface area contributed by atoms with Gasteiger partial charge in [0.1, 0.15) is 22.2 Å². The maximum atomic E-state index is 10.9. The molecule has 0 aliphatic heterocycles. The van der Waals surface area contributed by atoms with Crippen molar-refractivity contribution < 1.29 is 14.6 Å². The van der Waals surface area contributed by atoms with Crippen LogP contribution in [-0.4, -0.2) is 16.1 Å². The first kappa shape index (κ1) is 14.5. The number of carbonyl (C=O) groups is 1. The number of aryl methyl sites for hydroxylation is 2. The largest absolute Gasteiger partial charge is 0.486 e. The molecule has 0 unspecified atom stereocenters. The van der Waals surface area contributed by atoms with Gasteiger partial charge < -0.3 is 9.84 Å². The zero-order valence-electron chi connectivity index (χ0n) is 11.5. The van der Waals surface area contributed by atoms with Gasteiger partial charge in [0.25, 0.3) is 0 Å². The highest BCUT2D eigenvalue weighted by atomic mass is 32.1. The summed E-state index contributed by atoms with van der Waals surface area (Å²) < 4.78 is 5.63. The van der Waals surface area contributed by atoms with Crippen molar-refractivity contribution in [3.63, 3.8) is 0 Å². The minimum atomic E-state index is -0.935. The molecular formula is C15H17NO3S. The maximum Gasteiger partial charge on any atom is 0.347 e. The van der Waals surface area contributed by atoms with Crippen molar-refractivity contribution >= 4 is 17.3 Å². The smallest absolute Gasteiger partial charge is 0.347 e. The summed E-state index contributed by atoms with van der Waals surface area (Å²) in [4.78, 5) is 15.4. The molecule has 1 aromatic carbocycles. The lowest BCUT2D eigenvalue weighted by molar-refractivity contribution is 0.0701. The van der Waals surface area contributed by atoms with Gasteiger partial charge in [0.2, 0.25) is 0 Å². The van der Waals surface area contributed by atoms with Crippen molar-refractivity contribution in [2.24, 2.45) is 0 Å². The van der Waals surface area contributed by atoms with E-state index in [0.717, 1.165) is 29.9 Å². The van der Waals surface area contributed by atoms with Crippen LogP contribution in [-0.2, 0) is 13.0 Å². The highest BCUT2D eigenvalue weighted by Crippen LogP contribution is 2.20. The number of thiazole rings is 1. The van der Waals surface area contributed by atoms with E-state index in [0.29, 0.717) is 17.3 Å². The lowest BCUT2D eigenvalue weighted by atomic mass is 10.1. The summed E-state index contributed by atoms with van der Waals surface area (Å²) in [5.41, 5.74) is 1.83. The molecule has 0 fully saturated rings. The van der Waals surface area contributed by atoms with Gasteiger partial charge in [-0.25, -0.2) is 9.78 Å². The molecule has 0 atom stereocenters. The van der Waals surface area contributed by atoms with E-state index < -0.39 is 5.97 Å². The molecule has 0 radical (unpaired) electrons. The number of aromatic carboxylic acids is 1. The normalized spacial score (nSPS) is 10.5. The Morgan fingerprint density at radius 2 is 2.05 bits per heavy atom. The topological polar surface area (TPSA) is 59.4 Å². The zero-order valence-corrected chi connectivity index (χ0v) is 12.4. The maximum absolute atomic E-state index is 10.9. The van der Waals surface area contributed by atoms with Crippen molar-refractivity contribution in [3.8, 4) is 5.75 Å². The second-order valence-electron chi connectivity index (χ2n) is 4.51. The Bertz CT molecular complexity index is 590. The Kier molecular flexibility index (Phi) is 4.74. The Morgan fingerprint density at radius 1 is 1.35 bits per heavy atom. The molecule has 2 rings (SSSR count). The first-order chi connectivity index (χ1) is 9.60. The monoisotopic (exact) mass is 291 g/mol. The highest BCUT2D eigenvalue weighted by Gasteiger charge is 2.14. The van der Waals surface area contributed by atoms with E-state index in [-0.39, 0.29) is 4.88 Å². The molecule has 1 N–H and O–H groups in total. The highest BCUT2D eigenvalue weighted by molar-refractivity contribution is 7.13. The second-order valence-corrected chi connectivity index (χ2v) is 5.59. The van der Waals surface area contributed by atoms with Crippen LogP contribution in [0.5, 0.6) is 5.75 Å². The molecule has 5 heteroatoms. The second kappa shape index (κ2) is 6.52. The number of carboxylic acid groups (broad SMARTS) is 1. The molecule has 1 aromatic heterocycles. The number of nitrogens with zero attached hydrogens (tertiary/aromatic N) is 1.